The van der Waals surface area contributed by atoms with Crippen LogP contribution in [0.1, 0.15) is 18.5 Å². The summed E-state index contributed by atoms with van der Waals surface area (Å²) < 4.78 is 25.3. The Morgan fingerprint density at radius 1 is 1.00 bits per heavy atom. The third-order valence-electron chi connectivity index (χ3n) is 2.96. The molecule has 1 atom stereocenters. The maximum Gasteiger partial charge on any atom is 0.229 e. The SMILES string of the molecule is CC(Nc1ccccc1NS(C)(=O)=O)c1ccc(Cl)cc1. The molecule has 2 aromatic rings. The van der Waals surface area contributed by atoms with E-state index in [2.05, 4.69) is 10.0 Å². The molecule has 1 unspecified atom stereocenters. The molecule has 2 rings (SSSR count). The highest BCUT2D eigenvalue weighted by atomic mass is 35.5. The van der Waals surface area contributed by atoms with Crippen molar-refractivity contribution in [3.8, 4) is 0 Å². The summed E-state index contributed by atoms with van der Waals surface area (Å²) in [7, 11) is -3.31. The van der Waals surface area contributed by atoms with Gasteiger partial charge < -0.3 is 5.32 Å². The quantitative estimate of drug-likeness (QED) is 0.877. The summed E-state index contributed by atoms with van der Waals surface area (Å²) in [6, 6.07) is 14.7. The summed E-state index contributed by atoms with van der Waals surface area (Å²) >= 11 is 5.88. The number of para-hydroxylation sites is 2. The van der Waals surface area contributed by atoms with Crippen LogP contribution in [0.15, 0.2) is 48.5 Å². The molecule has 0 aliphatic heterocycles. The molecule has 112 valence electrons. The van der Waals surface area contributed by atoms with Gasteiger partial charge in [0.05, 0.1) is 17.6 Å². The molecule has 21 heavy (non-hydrogen) atoms. The van der Waals surface area contributed by atoms with Crippen molar-refractivity contribution in [2.45, 2.75) is 13.0 Å². The molecule has 0 radical (unpaired) electrons. The van der Waals surface area contributed by atoms with Crippen LogP contribution in [-0.4, -0.2) is 14.7 Å². The molecular weight excluding hydrogens is 308 g/mol. The summed E-state index contributed by atoms with van der Waals surface area (Å²) in [6.45, 7) is 2.00. The molecular formula is C15H17ClN2O2S. The van der Waals surface area contributed by atoms with Crippen molar-refractivity contribution < 1.29 is 8.42 Å². The van der Waals surface area contributed by atoms with Crippen LogP contribution in [0.5, 0.6) is 0 Å². The summed E-state index contributed by atoms with van der Waals surface area (Å²) in [5.41, 5.74) is 2.32. The molecule has 2 aromatic carbocycles. The summed E-state index contributed by atoms with van der Waals surface area (Å²) in [5.74, 6) is 0. The lowest BCUT2D eigenvalue weighted by atomic mass is 10.1. The molecule has 0 aliphatic carbocycles. The Morgan fingerprint density at radius 2 is 1.57 bits per heavy atom. The fraction of sp³-hybridized carbons (Fsp3) is 0.200. The van der Waals surface area contributed by atoms with E-state index in [1.54, 1.807) is 12.1 Å². The molecule has 0 bridgehead atoms. The molecule has 0 heterocycles. The van der Waals surface area contributed by atoms with Crippen LogP contribution in [0.25, 0.3) is 0 Å². The van der Waals surface area contributed by atoms with Gasteiger partial charge in [-0.15, -0.1) is 0 Å². The van der Waals surface area contributed by atoms with Gasteiger partial charge in [0.1, 0.15) is 0 Å². The van der Waals surface area contributed by atoms with Crippen molar-refractivity contribution in [3.05, 3.63) is 59.1 Å². The predicted molar refractivity (Wildman–Crippen MR) is 88.4 cm³/mol. The van der Waals surface area contributed by atoms with Crippen LogP contribution in [0.3, 0.4) is 0 Å². The van der Waals surface area contributed by atoms with E-state index in [1.165, 1.54) is 0 Å². The van der Waals surface area contributed by atoms with Gasteiger partial charge in [0.2, 0.25) is 10.0 Å². The van der Waals surface area contributed by atoms with Crippen molar-refractivity contribution in [1.82, 2.24) is 0 Å². The predicted octanol–water partition coefficient (Wildman–Crippen LogP) is 3.88. The minimum Gasteiger partial charge on any atom is -0.377 e. The molecule has 0 spiro atoms. The number of sulfonamides is 1. The van der Waals surface area contributed by atoms with Gasteiger partial charge >= 0.3 is 0 Å². The number of hydrogen-bond acceptors (Lipinski definition) is 3. The molecule has 0 amide bonds. The first-order chi connectivity index (χ1) is 9.85. The van der Waals surface area contributed by atoms with Crippen molar-refractivity contribution >= 4 is 33.0 Å². The van der Waals surface area contributed by atoms with E-state index < -0.39 is 10.0 Å². The fourth-order valence-electron chi connectivity index (χ4n) is 1.97. The number of nitrogens with one attached hydrogen (secondary N) is 2. The van der Waals surface area contributed by atoms with Crippen LogP contribution in [0, 0.1) is 0 Å². The summed E-state index contributed by atoms with van der Waals surface area (Å²) in [6.07, 6.45) is 1.13. The Labute approximate surface area is 130 Å². The van der Waals surface area contributed by atoms with Gasteiger partial charge in [0, 0.05) is 11.1 Å². The van der Waals surface area contributed by atoms with E-state index in [1.807, 2.05) is 43.3 Å². The van der Waals surface area contributed by atoms with E-state index in [-0.39, 0.29) is 6.04 Å². The van der Waals surface area contributed by atoms with E-state index in [0.29, 0.717) is 10.7 Å². The van der Waals surface area contributed by atoms with Crippen molar-refractivity contribution in [3.63, 3.8) is 0 Å². The van der Waals surface area contributed by atoms with Crippen molar-refractivity contribution in [2.75, 3.05) is 16.3 Å². The third kappa shape index (κ3) is 4.65. The second-order valence-electron chi connectivity index (χ2n) is 4.84. The van der Waals surface area contributed by atoms with Gasteiger partial charge in [0.25, 0.3) is 0 Å². The molecule has 0 aromatic heterocycles. The molecule has 0 saturated carbocycles. The Kier molecular flexibility index (Phi) is 4.75. The highest BCUT2D eigenvalue weighted by molar-refractivity contribution is 7.92. The fourth-order valence-corrected chi connectivity index (χ4v) is 2.67. The largest absolute Gasteiger partial charge is 0.377 e. The summed E-state index contributed by atoms with van der Waals surface area (Å²) in [4.78, 5) is 0. The highest BCUT2D eigenvalue weighted by Gasteiger charge is 2.10. The van der Waals surface area contributed by atoms with E-state index in [0.717, 1.165) is 17.5 Å². The second-order valence-corrected chi connectivity index (χ2v) is 7.02. The molecule has 4 nitrogen and oxygen atoms in total. The van der Waals surface area contributed by atoms with E-state index in [4.69, 9.17) is 11.6 Å². The first-order valence-electron chi connectivity index (χ1n) is 6.44. The standard InChI is InChI=1S/C15H17ClN2O2S/c1-11(12-7-9-13(16)10-8-12)17-14-5-3-4-6-15(14)18-21(2,19)20/h3-11,17-18H,1-2H3. The second kappa shape index (κ2) is 6.37. The van der Waals surface area contributed by atoms with Crippen LogP contribution < -0.4 is 10.0 Å². The average Bonchev–Trinajstić information content (AvgIpc) is 2.40. The molecule has 2 N–H and O–H groups in total. The Balaban J connectivity index is 2.21. The molecule has 0 aliphatic rings. The normalized spacial score (nSPS) is 12.7. The Morgan fingerprint density at radius 3 is 2.14 bits per heavy atom. The molecule has 0 saturated heterocycles. The average molecular weight is 325 g/mol. The topological polar surface area (TPSA) is 58.2 Å². The van der Waals surface area contributed by atoms with Gasteiger partial charge in [0.15, 0.2) is 0 Å². The zero-order valence-corrected chi connectivity index (χ0v) is 13.4. The number of halogens is 1. The molecule has 6 heteroatoms. The molecule has 0 fully saturated rings. The van der Waals surface area contributed by atoms with Crippen molar-refractivity contribution in [2.24, 2.45) is 0 Å². The van der Waals surface area contributed by atoms with E-state index in [9.17, 15) is 8.42 Å². The van der Waals surface area contributed by atoms with Crippen LogP contribution in [0.2, 0.25) is 5.02 Å². The number of hydrogen-bond donors (Lipinski definition) is 2. The maximum absolute atomic E-state index is 11.4. The smallest absolute Gasteiger partial charge is 0.229 e. The first-order valence-corrected chi connectivity index (χ1v) is 8.71. The lowest BCUT2D eigenvalue weighted by Crippen LogP contribution is -2.13. The lowest BCUT2D eigenvalue weighted by Gasteiger charge is -2.18. The zero-order valence-electron chi connectivity index (χ0n) is 11.8. The number of rotatable bonds is 5. The highest BCUT2D eigenvalue weighted by Crippen LogP contribution is 2.27. The van der Waals surface area contributed by atoms with Crippen LogP contribution >= 0.6 is 11.6 Å². The maximum atomic E-state index is 11.4. The Hall–Kier alpha value is -1.72. The number of benzene rings is 2. The first kappa shape index (κ1) is 15.7. The van der Waals surface area contributed by atoms with Crippen LogP contribution in [0.4, 0.5) is 11.4 Å². The lowest BCUT2D eigenvalue weighted by molar-refractivity contribution is 0.607. The minimum absolute atomic E-state index is 0.0183. The zero-order chi connectivity index (χ0) is 15.5. The van der Waals surface area contributed by atoms with E-state index >= 15 is 0 Å². The van der Waals surface area contributed by atoms with Gasteiger partial charge in [-0.2, -0.15) is 0 Å². The van der Waals surface area contributed by atoms with Gasteiger partial charge in [-0.05, 0) is 36.8 Å². The Bertz CT molecular complexity index is 715. The summed E-state index contributed by atoms with van der Waals surface area (Å²) in [5, 5.41) is 3.98. The third-order valence-corrected chi connectivity index (χ3v) is 3.81. The van der Waals surface area contributed by atoms with Gasteiger partial charge in [-0.1, -0.05) is 35.9 Å². The van der Waals surface area contributed by atoms with Gasteiger partial charge in [-0.3, -0.25) is 4.72 Å². The van der Waals surface area contributed by atoms with Crippen molar-refractivity contribution in [1.29, 1.82) is 0 Å². The minimum atomic E-state index is -3.31. The monoisotopic (exact) mass is 324 g/mol. The van der Waals surface area contributed by atoms with Gasteiger partial charge in [-0.25, -0.2) is 8.42 Å². The van der Waals surface area contributed by atoms with Crippen LogP contribution in [-0.2, 0) is 10.0 Å². The number of anilines is 2.